The Hall–Kier alpha value is -1.10. The number of aryl methyl sites for hydroxylation is 2. The molecule has 3 rings (SSSR count). The number of aromatic nitrogens is 3. The molecule has 0 atom stereocenters. The van der Waals surface area contributed by atoms with Crippen LogP contribution in [0.25, 0.3) is 11.0 Å². The second kappa shape index (κ2) is 5.72. The zero-order valence-electron chi connectivity index (χ0n) is 10.9. The molecule has 0 radical (unpaired) electrons. The summed E-state index contributed by atoms with van der Waals surface area (Å²) in [5.41, 5.74) is 2.90. The van der Waals surface area contributed by atoms with Crippen molar-refractivity contribution in [2.45, 2.75) is 19.9 Å². The third-order valence-electron chi connectivity index (χ3n) is 3.10. The summed E-state index contributed by atoms with van der Waals surface area (Å²) >= 11 is 13.9. The molecule has 0 saturated carbocycles. The average molecular weight is 326 g/mol. The van der Waals surface area contributed by atoms with Gasteiger partial charge >= 0.3 is 0 Å². The number of thiazole rings is 1. The molecule has 0 spiro atoms. The fourth-order valence-electron chi connectivity index (χ4n) is 2.28. The van der Waals surface area contributed by atoms with Gasteiger partial charge in [0, 0.05) is 17.7 Å². The topological polar surface area (TPSA) is 30.7 Å². The predicted octanol–water partition coefficient (Wildman–Crippen LogP) is 4.28. The molecule has 0 aliphatic heterocycles. The van der Waals surface area contributed by atoms with Crippen molar-refractivity contribution in [1.82, 2.24) is 14.5 Å². The lowest BCUT2D eigenvalue weighted by molar-refractivity contribution is 0.740. The number of rotatable bonds is 4. The van der Waals surface area contributed by atoms with Gasteiger partial charge in [-0.25, -0.2) is 9.97 Å². The molecule has 0 N–H and O–H groups in total. The number of nitrogens with zero attached hydrogens (tertiary/aromatic N) is 3. The summed E-state index contributed by atoms with van der Waals surface area (Å²) in [6.45, 7) is 2.68. The van der Waals surface area contributed by atoms with Crippen molar-refractivity contribution in [3.05, 3.63) is 45.1 Å². The van der Waals surface area contributed by atoms with Crippen molar-refractivity contribution in [1.29, 1.82) is 0 Å². The SMILES string of the molecule is Cc1nc(Cn2c(CCCl)nc3cccc(Cl)c32)cs1. The lowest BCUT2D eigenvalue weighted by Crippen LogP contribution is -2.06. The highest BCUT2D eigenvalue weighted by molar-refractivity contribution is 7.09. The third-order valence-corrected chi connectivity index (χ3v) is 4.42. The van der Waals surface area contributed by atoms with Crippen LogP contribution >= 0.6 is 34.5 Å². The van der Waals surface area contributed by atoms with E-state index >= 15 is 0 Å². The Kier molecular flexibility index (Phi) is 3.96. The molecule has 0 amide bonds. The zero-order chi connectivity index (χ0) is 14.1. The van der Waals surface area contributed by atoms with Crippen LogP contribution < -0.4 is 0 Å². The van der Waals surface area contributed by atoms with E-state index in [1.165, 1.54) is 0 Å². The molecule has 0 aliphatic carbocycles. The second-order valence-electron chi connectivity index (χ2n) is 4.52. The van der Waals surface area contributed by atoms with Crippen molar-refractivity contribution in [2.75, 3.05) is 5.88 Å². The smallest absolute Gasteiger partial charge is 0.111 e. The number of benzene rings is 1. The number of halogens is 2. The fourth-order valence-corrected chi connectivity index (χ4v) is 3.32. The van der Waals surface area contributed by atoms with Crippen LogP contribution in [0.3, 0.4) is 0 Å². The van der Waals surface area contributed by atoms with E-state index in [0.29, 0.717) is 17.4 Å². The van der Waals surface area contributed by atoms with Crippen molar-refractivity contribution in [3.63, 3.8) is 0 Å². The molecule has 0 aliphatic rings. The summed E-state index contributed by atoms with van der Waals surface area (Å²) in [5.74, 6) is 1.49. The Labute approximate surface area is 131 Å². The molecule has 2 heterocycles. The Morgan fingerprint density at radius 1 is 1.30 bits per heavy atom. The molecule has 104 valence electrons. The first kappa shape index (κ1) is 13.9. The van der Waals surface area contributed by atoms with Crippen molar-refractivity contribution in [2.24, 2.45) is 0 Å². The highest BCUT2D eigenvalue weighted by atomic mass is 35.5. The van der Waals surface area contributed by atoms with Crippen LogP contribution in [0.5, 0.6) is 0 Å². The van der Waals surface area contributed by atoms with E-state index in [4.69, 9.17) is 23.2 Å². The van der Waals surface area contributed by atoms with E-state index in [1.807, 2.05) is 25.1 Å². The quantitative estimate of drug-likeness (QED) is 0.670. The Morgan fingerprint density at radius 2 is 2.15 bits per heavy atom. The minimum Gasteiger partial charge on any atom is -0.321 e. The van der Waals surface area contributed by atoms with E-state index in [-0.39, 0.29) is 0 Å². The van der Waals surface area contributed by atoms with Crippen LogP contribution in [-0.4, -0.2) is 20.4 Å². The average Bonchev–Trinajstić information content (AvgIpc) is 2.96. The normalized spacial score (nSPS) is 11.3. The molecule has 1 aromatic carbocycles. The molecule has 20 heavy (non-hydrogen) atoms. The van der Waals surface area contributed by atoms with Gasteiger partial charge in [0.2, 0.25) is 0 Å². The first-order chi connectivity index (χ1) is 9.69. The van der Waals surface area contributed by atoms with E-state index < -0.39 is 0 Å². The number of imidazole rings is 1. The Bertz CT molecular complexity index is 748. The van der Waals surface area contributed by atoms with Gasteiger partial charge in [-0.1, -0.05) is 17.7 Å². The van der Waals surface area contributed by atoms with Crippen LogP contribution in [0, 0.1) is 6.92 Å². The molecule has 2 aromatic heterocycles. The van der Waals surface area contributed by atoms with Gasteiger partial charge in [0.15, 0.2) is 0 Å². The van der Waals surface area contributed by atoms with Gasteiger partial charge < -0.3 is 4.57 Å². The summed E-state index contributed by atoms with van der Waals surface area (Å²) in [4.78, 5) is 9.15. The van der Waals surface area contributed by atoms with Gasteiger partial charge in [-0.3, -0.25) is 0 Å². The van der Waals surface area contributed by atoms with Crippen LogP contribution in [0.2, 0.25) is 5.02 Å². The first-order valence-corrected chi connectivity index (χ1v) is 8.09. The van der Waals surface area contributed by atoms with Crippen LogP contribution in [-0.2, 0) is 13.0 Å². The highest BCUT2D eigenvalue weighted by Crippen LogP contribution is 2.26. The van der Waals surface area contributed by atoms with Gasteiger partial charge in [-0.2, -0.15) is 0 Å². The maximum absolute atomic E-state index is 6.34. The van der Waals surface area contributed by atoms with E-state index in [9.17, 15) is 0 Å². The molecular formula is C14H13Cl2N3S. The van der Waals surface area contributed by atoms with Gasteiger partial charge in [-0.15, -0.1) is 22.9 Å². The molecule has 6 heteroatoms. The maximum Gasteiger partial charge on any atom is 0.111 e. The molecule has 0 saturated heterocycles. The lowest BCUT2D eigenvalue weighted by Gasteiger charge is -2.07. The summed E-state index contributed by atoms with van der Waals surface area (Å²) in [7, 11) is 0. The van der Waals surface area contributed by atoms with Gasteiger partial charge in [-0.05, 0) is 19.1 Å². The van der Waals surface area contributed by atoms with Crippen molar-refractivity contribution in [3.8, 4) is 0 Å². The van der Waals surface area contributed by atoms with Crippen LogP contribution in [0.15, 0.2) is 23.6 Å². The maximum atomic E-state index is 6.34. The summed E-state index contributed by atoms with van der Waals surface area (Å²) in [6, 6.07) is 5.78. The fraction of sp³-hybridized carbons (Fsp3) is 0.286. The molecular weight excluding hydrogens is 313 g/mol. The number of hydrogen-bond acceptors (Lipinski definition) is 3. The number of hydrogen-bond donors (Lipinski definition) is 0. The number of alkyl halides is 1. The van der Waals surface area contributed by atoms with Crippen LogP contribution in [0.4, 0.5) is 0 Å². The lowest BCUT2D eigenvalue weighted by atomic mass is 10.3. The number of fused-ring (bicyclic) bond motifs is 1. The van der Waals surface area contributed by atoms with Gasteiger partial charge in [0.1, 0.15) is 5.82 Å². The van der Waals surface area contributed by atoms with Gasteiger partial charge in [0.05, 0.1) is 33.3 Å². The second-order valence-corrected chi connectivity index (χ2v) is 6.37. The largest absolute Gasteiger partial charge is 0.321 e. The molecule has 3 aromatic rings. The minimum atomic E-state index is 0.539. The van der Waals surface area contributed by atoms with Gasteiger partial charge in [0.25, 0.3) is 0 Å². The van der Waals surface area contributed by atoms with Crippen molar-refractivity contribution < 1.29 is 0 Å². The Morgan fingerprint density at radius 3 is 2.85 bits per heavy atom. The predicted molar refractivity (Wildman–Crippen MR) is 85.1 cm³/mol. The third kappa shape index (κ3) is 2.55. The summed E-state index contributed by atoms with van der Waals surface area (Å²) < 4.78 is 2.12. The molecule has 3 nitrogen and oxygen atoms in total. The zero-order valence-corrected chi connectivity index (χ0v) is 13.3. The highest BCUT2D eigenvalue weighted by Gasteiger charge is 2.14. The summed E-state index contributed by atoms with van der Waals surface area (Å²) in [5, 5.41) is 3.85. The molecule has 0 unspecified atom stereocenters. The Balaban J connectivity index is 2.12. The number of para-hydroxylation sites is 1. The standard InChI is InChI=1S/C14H13Cl2N3S/c1-9-17-10(8-20-9)7-19-13(5-6-15)18-12-4-2-3-11(16)14(12)19/h2-4,8H,5-7H2,1H3. The van der Waals surface area contributed by atoms with E-state index in [1.54, 1.807) is 11.3 Å². The van der Waals surface area contributed by atoms with E-state index in [0.717, 1.165) is 34.0 Å². The molecule has 0 bridgehead atoms. The van der Waals surface area contributed by atoms with E-state index in [2.05, 4.69) is 19.9 Å². The molecule has 0 fully saturated rings. The summed E-state index contributed by atoms with van der Waals surface area (Å²) in [6.07, 6.45) is 0.718. The van der Waals surface area contributed by atoms with Crippen molar-refractivity contribution >= 4 is 45.6 Å². The minimum absolute atomic E-state index is 0.539. The first-order valence-electron chi connectivity index (χ1n) is 6.29. The van der Waals surface area contributed by atoms with Crippen LogP contribution in [0.1, 0.15) is 16.5 Å². The monoisotopic (exact) mass is 325 g/mol.